The maximum atomic E-state index is 13.6. The lowest BCUT2D eigenvalue weighted by Gasteiger charge is -2.29. The minimum atomic E-state index is -1.00. The number of fused-ring (bicyclic) bond motifs is 2. The summed E-state index contributed by atoms with van der Waals surface area (Å²) in [5, 5.41) is 8.74. The molecule has 1 saturated heterocycles. The van der Waals surface area contributed by atoms with Crippen molar-refractivity contribution in [1.82, 2.24) is 25.8 Å². The van der Waals surface area contributed by atoms with E-state index in [9.17, 15) is 24.0 Å². The van der Waals surface area contributed by atoms with E-state index in [1.165, 1.54) is 9.80 Å². The van der Waals surface area contributed by atoms with E-state index in [0.29, 0.717) is 44.5 Å². The molecule has 2 aromatic rings. The topological polar surface area (TPSA) is 146 Å². The van der Waals surface area contributed by atoms with Gasteiger partial charge in [0.2, 0.25) is 23.6 Å². The maximum absolute atomic E-state index is 13.6. The smallest absolute Gasteiger partial charge is 0.255 e. The summed E-state index contributed by atoms with van der Waals surface area (Å²) in [6, 6.07) is 12.4. The minimum absolute atomic E-state index is 0.0431. The van der Waals surface area contributed by atoms with Crippen LogP contribution < -0.4 is 25.4 Å². The average Bonchev–Trinajstić information content (AvgIpc) is 3.56. The number of ether oxygens (including phenoxy) is 2. The van der Waals surface area contributed by atoms with E-state index in [1.807, 2.05) is 38.1 Å². The molecule has 0 aliphatic carbocycles. The number of para-hydroxylation sites is 1. The number of aryl methyl sites for hydroxylation is 1. The van der Waals surface area contributed by atoms with E-state index in [4.69, 9.17) is 9.47 Å². The molecule has 2 aromatic carbocycles. The molecule has 12 nitrogen and oxygen atoms in total. The third-order valence-electron chi connectivity index (χ3n) is 8.65. The van der Waals surface area contributed by atoms with Crippen LogP contribution in [0.25, 0.3) is 0 Å². The highest BCUT2D eigenvalue weighted by Gasteiger charge is 2.36. The molecular weight excluding hydrogens is 614 g/mol. The fourth-order valence-electron chi connectivity index (χ4n) is 6.22. The molecular formula is C36H49N5O7. The van der Waals surface area contributed by atoms with Crippen molar-refractivity contribution >= 4 is 29.5 Å². The molecule has 12 heteroatoms. The summed E-state index contributed by atoms with van der Waals surface area (Å²) in [7, 11) is 3.18. The fraction of sp³-hybridized carbons (Fsp3) is 0.528. The van der Waals surface area contributed by atoms with Crippen LogP contribution >= 0.6 is 0 Å². The fourth-order valence-corrected chi connectivity index (χ4v) is 6.22. The van der Waals surface area contributed by atoms with Gasteiger partial charge in [-0.3, -0.25) is 24.0 Å². The summed E-state index contributed by atoms with van der Waals surface area (Å²) >= 11 is 0. The molecule has 3 N–H and O–H groups in total. The van der Waals surface area contributed by atoms with Crippen LogP contribution in [0, 0.1) is 5.92 Å². The molecule has 48 heavy (non-hydrogen) atoms. The van der Waals surface area contributed by atoms with Gasteiger partial charge in [-0.15, -0.1) is 0 Å². The highest BCUT2D eigenvalue weighted by Crippen LogP contribution is 2.23. The monoisotopic (exact) mass is 663 g/mol. The number of nitrogens with one attached hydrogen (secondary N) is 3. The van der Waals surface area contributed by atoms with Crippen molar-refractivity contribution in [3.05, 3.63) is 59.7 Å². The number of carbonyl (C=O) groups is 5. The number of carbonyl (C=O) groups excluding carboxylic acids is 5. The number of hydrogen-bond donors (Lipinski definition) is 3. The van der Waals surface area contributed by atoms with Crippen LogP contribution in [0.4, 0.5) is 0 Å². The summed E-state index contributed by atoms with van der Waals surface area (Å²) in [5.74, 6) is -0.530. The highest BCUT2D eigenvalue weighted by atomic mass is 16.5. The van der Waals surface area contributed by atoms with Crippen LogP contribution in [-0.2, 0) is 25.6 Å². The molecule has 0 saturated carbocycles. The summed E-state index contributed by atoms with van der Waals surface area (Å²) in [6.45, 7) is 4.78. The van der Waals surface area contributed by atoms with Gasteiger partial charge >= 0.3 is 0 Å². The van der Waals surface area contributed by atoms with Crippen LogP contribution in [0.2, 0.25) is 0 Å². The van der Waals surface area contributed by atoms with Gasteiger partial charge in [0.05, 0.1) is 25.3 Å². The molecule has 0 spiro atoms. The summed E-state index contributed by atoms with van der Waals surface area (Å²) in [6.07, 6.45) is 3.13. The number of methoxy groups -OCH3 is 1. The summed E-state index contributed by atoms with van der Waals surface area (Å²) in [4.78, 5) is 69.9. The number of rotatable bonds is 8. The molecule has 2 aliphatic heterocycles. The summed E-state index contributed by atoms with van der Waals surface area (Å²) in [5.41, 5.74) is 1.31. The molecule has 5 amide bonds. The first-order valence-corrected chi connectivity index (χ1v) is 16.8. The van der Waals surface area contributed by atoms with Crippen molar-refractivity contribution in [2.45, 2.75) is 76.9 Å². The molecule has 0 aromatic heterocycles. The van der Waals surface area contributed by atoms with E-state index in [1.54, 1.807) is 38.4 Å². The third-order valence-corrected chi connectivity index (χ3v) is 8.65. The van der Waals surface area contributed by atoms with Gasteiger partial charge in [0.1, 0.15) is 30.2 Å². The van der Waals surface area contributed by atoms with Gasteiger partial charge in [-0.1, -0.05) is 38.1 Å². The first kappa shape index (κ1) is 36.2. The number of likely N-dealkylation sites (N-methyl/N-ethyl adjacent to an activating group) is 1. The van der Waals surface area contributed by atoms with Crippen molar-refractivity contribution in [2.75, 3.05) is 40.4 Å². The molecule has 0 radical (unpaired) electrons. The molecule has 1 fully saturated rings. The Morgan fingerprint density at radius 3 is 2.62 bits per heavy atom. The van der Waals surface area contributed by atoms with Gasteiger partial charge < -0.3 is 35.2 Å². The zero-order chi connectivity index (χ0) is 34.6. The van der Waals surface area contributed by atoms with Crippen molar-refractivity contribution in [3.8, 4) is 11.5 Å². The number of nitrogens with zero attached hydrogens (tertiary/aromatic N) is 2. The van der Waals surface area contributed by atoms with Gasteiger partial charge in [0.25, 0.3) is 5.91 Å². The van der Waals surface area contributed by atoms with Crippen LogP contribution in [0.3, 0.4) is 0 Å². The first-order chi connectivity index (χ1) is 23.0. The zero-order valence-electron chi connectivity index (χ0n) is 28.5. The molecule has 260 valence electrons. The van der Waals surface area contributed by atoms with Gasteiger partial charge in [-0.25, -0.2) is 0 Å². The number of hydrogen-bond acceptors (Lipinski definition) is 7. The standard InChI is InChI=1S/C36H49N5O7/c1-24(2)20-26-23-48-31-15-6-5-13-28(31)34(44)39-29(35(45)37-18-8-11-25-10-7-12-27(21-25)47-4)16-17-33(43)41-19-9-14-30(41)36(46)40(3)22-32(42)38-26/h5-7,10,12-13,15,21,24,26,29-30H,8-9,11,14,16-20,22-23H2,1-4H3,(H,37,45)(H,38,42)(H,39,44)/t26-,29-,30+/m0/s1. The molecule has 0 unspecified atom stereocenters. The second-order valence-electron chi connectivity index (χ2n) is 13.0. The average molecular weight is 664 g/mol. The molecule has 4 rings (SSSR count). The van der Waals surface area contributed by atoms with Crippen LogP contribution in [0.1, 0.15) is 68.3 Å². The predicted octanol–water partition coefficient (Wildman–Crippen LogP) is 2.70. The zero-order valence-corrected chi connectivity index (χ0v) is 28.5. The lowest BCUT2D eigenvalue weighted by atomic mass is 10.0. The van der Waals surface area contributed by atoms with Gasteiger partial charge in [-0.2, -0.15) is 0 Å². The Morgan fingerprint density at radius 1 is 1.06 bits per heavy atom. The molecule has 2 aliphatic rings. The first-order valence-electron chi connectivity index (χ1n) is 16.8. The van der Waals surface area contributed by atoms with E-state index in [0.717, 1.165) is 17.7 Å². The SMILES string of the molecule is COc1cccc(CCCNC(=O)[C@@H]2CCC(=O)N3CCC[C@@H]3C(=O)N(C)CC(=O)N[C@@H](CC(C)C)COc3ccccc3C(=O)N2)c1. The van der Waals surface area contributed by atoms with Gasteiger partial charge in [0.15, 0.2) is 0 Å². The molecule has 2 heterocycles. The minimum Gasteiger partial charge on any atom is -0.497 e. The number of benzene rings is 2. The highest BCUT2D eigenvalue weighted by molar-refractivity contribution is 6.00. The Hall–Kier alpha value is -4.61. The second-order valence-corrected chi connectivity index (χ2v) is 13.0. The van der Waals surface area contributed by atoms with E-state index in [-0.39, 0.29) is 61.2 Å². The normalized spacial score (nSPS) is 21.3. The third kappa shape index (κ3) is 10.2. The van der Waals surface area contributed by atoms with Crippen LogP contribution in [0.5, 0.6) is 11.5 Å². The van der Waals surface area contributed by atoms with Crippen LogP contribution in [-0.4, -0.2) is 97.9 Å². The van der Waals surface area contributed by atoms with Crippen molar-refractivity contribution in [1.29, 1.82) is 0 Å². The predicted molar refractivity (Wildman–Crippen MR) is 181 cm³/mol. The van der Waals surface area contributed by atoms with Crippen molar-refractivity contribution < 1.29 is 33.4 Å². The Balaban J connectivity index is 1.54. The van der Waals surface area contributed by atoms with E-state index in [2.05, 4.69) is 16.0 Å². The van der Waals surface area contributed by atoms with Crippen molar-refractivity contribution in [3.63, 3.8) is 0 Å². The number of amides is 5. The van der Waals surface area contributed by atoms with Crippen LogP contribution in [0.15, 0.2) is 48.5 Å². The Labute approximate surface area is 282 Å². The Bertz CT molecular complexity index is 1450. The van der Waals surface area contributed by atoms with Gasteiger partial charge in [0, 0.05) is 26.6 Å². The maximum Gasteiger partial charge on any atom is 0.255 e. The lowest BCUT2D eigenvalue weighted by Crippen LogP contribution is -2.51. The van der Waals surface area contributed by atoms with Gasteiger partial charge in [-0.05, 0) is 74.3 Å². The summed E-state index contributed by atoms with van der Waals surface area (Å²) < 4.78 is 11.4. The second kappa shape index (κ2) is 17.5. The quantitative estimate of drug-likeness (QED) is 0.368. The molecule has 3 atom stereocenters. The largest absolute Gasteiger partial charge is 0.497 e. The van der Waals surface area contributed by atoms with E-state index >= 15 is 0 Å². The molecule has 0 bridgehead atoms. The Morgan fingerprint density at radius 2 is 1.85 bits per heavy atom. The van der Waals surface area contributed by atoms with E-state index < -0.39 is 23.9 Å². The Kier molecular flexibility index (Phi) is 13.2. The lowest BCUT2D eigenvalue weighted by molar-refractivity contribution is -0.144. The van der Waals surface area contributed by atoms with Crippen molar-refractivity contribution in [2.24, 2.45) is 5.92 Å².